The summed E-state index contributed by atoms with van der Waals surface area (Å²) in [7, 11) is 0. The second kappa shape index (κ2) is 7.13. The molecule has 0 bridgehead atoms. The van der Waals surface area contributed by atoms with Gasteiger partial charge < -0.3 is 18.9 Å². The van der Waals surface area contributed by atoms with Crippen molar-refractivity contribution in [3.8, 4) is 5.75 Å². The Balaban J connectivity index is 1.29. The molecule has 1 unspecified atom stereocenters. The topological polar surface area (TPSA) is 52.4 Å². The van der Waals surface area contributed by atoms with Crippen molar-refractivity contribution in [2.75, 3.05) is 31.2 Å². The molecule has 0 saturated carbocycles. The summed E-state index contributed by atoms with van der Waals surface area (Å²) in [6.07, 6.45) is 5.52. The third-order valence-corrected chi connectivity index (χ3v) is 6.44. The fourth-order valence-electron chi connectivity index (χ4n) is 4.08. The zero-order chi connectivity index (χ0) is 18.2. The summed E-state index contributed by atoms with van der Waals surface area (Å²) < 4.78 is 14.3. The zero-order valence-electron chi connectivity index (χ0n) is 15.5. The van der Waals surface area contributed by atoms with Gasteiger partial charge in [-0.25, -0.2) is 0 Å². The van der Waals surface area contributed by atoms with E-state index in [-0.39, 0.29) is 6.10 Å². The van der Waals surface area contributed by atoms with Gasteiger partial charge in [-0.15, -0.1) is 10.2 Å². The summed E-state index contributed by atoms with van der Waals surface area (Å²) in [5, 5.41) is 11.7. The molecule has 4 heterocycles. The van der Waals surface area contributed by atoms with Crippen molar-refractivity contribution in [1.82, 2.24) is 14.8 Å². The lowest BCUT2D eigenvalue weighted by Gasteiger charge is -2.31. The number of rotatable bonds is 4. The number of piperidine rings is 1. The predicted octanol–water partition coefficient (Wildman–Crippen LogP) is 3.81. The van der Waals surface area contributed by atoms with Gasteiger partial charge in [0.05, 0.1) is 18.2 Å². The molecule has 2 aliphatic heterocycles. The van der Waals surface area contributed by atoms with Crippen LogP contribution in [-0.2, 0) is 4.74 Å². The molecule has 1 aromatic carbocycles. The van der Waals surface area contributed by atoms with E-state index in [4.69, 9.17) is 9.47 Å². The molecule has 5 rings (SSSR count). The van der Waals surface area contributed by atoms with Crippen molar-refractivity contribution in [2.45, 2.75) is 38.3 Å². The number of benzene rings is 1. The Labute approximate surface area is 162 Å². The molecular formula is C20H24N4O2S. The molecule has 2 aliphatic rings. The first-order valence-corrected chi connectivity index (χ1v) is 10.5. The van der Waals surface area contributed by atoms with Crippen molar-refractivity contribution >= 4 is 27.4 Å². The minimum Gasteiger partial charge on any atom is -0.490 e. The molecule has 27 heavy (non-hydrogen) atoms. The van der Waals surface area contributed by atoms with Crippen molar-refractivity contribution < 1.29 is 9.47 Å². The largest absolute Gasteiger partial charge is 0.490 e. The van der Waals surface area contributed by atoms with E-state index >= 15 is 0 Å². The maximum absolute atomic E-state index is 6.43. The second-order valence-electron chi connectivity index (χ2n) is 7.34. The quantitative estimate of drug-likeness (QED) is 0.685. The van der Waals surface area contributed by atoms with E-state index in [0.717, 1.165) is 61.5 Å². The van der Waals surface area contributed by atoms with Crippen molar-refractivity contribution in [1.29, 1.82) is 0 Å². The standard InChI is InChI=1S/C20H24N4O2S/c1-14-21-22-20(27-14)23-9-5-16(6-10-23)26-19-4-2-3-18-17(19)7-11-24(18)15-8-12-25-13-15/h2-4,7,11,15-16H,5-6,8-10,12-13H2,1H3. The van der Waals surface area contributed by atoms with E-state index in [0.29, 0.717) is 6.04 Å². The molecule has 0 spiro atoms. The molecule has 142 valence electrons. The third-order valence-electron chi connectivity index (χ3n) is 5.54. The van der Waals surface area contributed by atoms with Gasteiger partial charge in [-0.3, -0.25) is 0 Å². The van der Waals surface area contributed by atoms with E-state index in [2.05, 4.69) is 50.1 Å². The first kappa shape index (κ1) is 17.0. The minimum absolute atomic E-state index is 0.249. The lowest BCUT2D eigenvalue weighted by molar-refractivity contribution is 0.173. The van der Waals surface area contributed by atoms with Gasteiger partial charge >= 0.3 is 0 Å². The molecule has 7 heteroatoms. The SMILES string of the molecule is Cc1nnc(N2CCC(Oc3cccc4c3ccn4C3CCOC3)CC2)s1. The molecule has 2 aromatic heterocycles. The molecule has 6 nitrogen and oxygen atoms in total. The van der Waals surface area contributed by atoms with Crippen LogP contribution in [0.1, 0.15) is 30.3 Å². The van der Waals surface area contributed by atoms with Gasteiger partial charge in [0, 0.05) is 44.1 Å². The van der Waals surface area contributed by atoms with Crippen LogP contribution in [0.5, 0.6) is 5.75 Å². The van der Waals surface area contributed by atoms with E-state index in [1.807, 2.05) is 6.92 Å². The number of hydrogen-bond donors (Lipinski definition) is 0. The third kappa shape index (κ3) is 3.30. The van der Waals surface area contributed by atoms with Crippen molar-refractivity contribution in [3.63, 3.8) is 0 Å². The first-order chi connectivity index (χ1) is 13.3. The summed E-state index contributed by atoms with van der Waals surface area (Å²) >= 11 is 1.67. The number of nitrogens with zero attached hydrogens (tertiary/aromatic N) is 4. The molecule has 0 aliphatic carbocycles. The van der Waals surface area contributed by atoms with Gasteiger partial charge in [-0.2, -0.15) is 0 Å². The Kier molecular flexibility index (Phi) is 4.49. The summed E-state index contributed by atoms with van der Waals surface area (Å²) in [4.78, 5) is 2.32. The first-order valence-electron chi connectivity index (χ1n) is 9.67. The highest BCUT2D eigenvalue weighted by Gasteiger charge is 2.24. The van der Waals surface area contributed by atoms with Crippen molar-refractivity contribution in [3.05, 3.63) is 35.5 Å². The molecule has 0 amide bonds. The van der Waals surface area contributed by atoms with E-state index in [1.165, 1.54) is 10.9 Å². The van der Waals surface area contributed by atoms with Gasteiger partial charge in [0.1, 0.15) is 16.9 Å². The number of fused-ring (bicyclic) bond motifs is 1. The number of hydrogen-bond acceptors (Lipinski definition) is 6. The molecule has 3 aromatic rings. The fourth-order valence-corrected chi connectivity index (χ4v) is 4.82. The molecular weight excluding hydrogens is 360 g/mol. The van der Waals surface area contributed by atoms with Crippen LogP contribution in [0.25, 0.3) is 10.9 Å². The molecule has 2 saturated heterocycles. The Bertz CT molecular complexity index is 923. The number of aryl methyl sites for hydroxylation is 1. The van der Waals surface area contributed by atoms with Crippen LogP contribution in [-0.4, -0.2) is 47.2 Å². The Morgan fingerprint density at radius 2 is 2.04 bits per heavy atom. The van der Waals surface area contributed by atoms with Gasteiger partial charge in [0.2, 0.25) is 5.13 Å². The minimum atomic E-state index is 0.249. The Morgan fingerprint density at radius 3 is 2.78 bits per heavy atom. The summed E-state index contributed by atoms with van der Waals surface area (Å²) in [6, 6.07) is 9.00. The summed E-state index contributed by atoms with van der Waals surface area (Å²) in [5.74, 6) is 0.996. The molecule has 2 fully saturated rings. The predicted molar refractivity (Wildman–Crippen MR) is 107 cm³/mol. The van der Waals surface area contributed by atoms with Crippen LogP contribution >= 0.6 is 11.3 Å². The van der Waals surface area contributed by atoms with Crippen LogP contribution in [0, 0.1) is 6.92 Å². The summed E-state index contributed by atoms with van der Waals surface area (Å²) in [5.41, 5.74) is 1.24. The van der Waals surface area contributed by atoms with E-state index in [1.54, 1.807) is 11.3 Å². The van der Waals surface area contributed by atoms with Crippen LogP contribution in [0.4, 0.5) is 5.13 Å². The van der Waals surface area contributed by atoms with Gasteiger partial charge in [-0.1, -0.05) is 17.4 Å². The monoisotopic (exact) mass is 384 g/mol. The highest BCUT2D eigenvalue weighted by atomic mass is 32.1. The number of ether oxygens (including phenoxy) is 2. The van der Waals surface area contributed by atoms with Gasteiger partial charge in [0.25, 0.3) is 0 Å². The van der Waals surface area contributed by atoms with Crippen molar-refractivity contribution in [2.24, 2.45) is 0 Å². The second-order valence-corrected chi connectivity index (χ2v) is 8.50. The van der Waals surface area contributed by atoms with Crippen LogP contribution < -0.4 is 9.64 Å². The average molecular weight is 385 g/mol. The molecule has 0 N–H and O–H groups in total. The van der Waals surface area contributed by atoms with E-state index < -0.39 is 0 Å². The zero-order valence-corrected chi connectivity index (χ0v) is 16.3. The highest BCUT2D eigenvalue weighted by molar-refractivity contribution is 7.15. The average Bonchev–Trinajstić information content (AvgIpc) is 3.42. The highest BCUT2D eigenvalue weighted by Crippen LogP contribution is 2.33. The maximum atomic E-state index is 6.43. The number of anilines is 1. The molecule has 0 radical (unpaired) electrons. The van der Waals surface area contributed by atoms with E-state index in [9.17, 15) is 0 Å². The molecule has 1 atom stereocenters. The van der Waals surface area contributed by atoms with Gasteiger partial charge in [-0.05, 0) is 31.5 Å². The van der Waals surface area contributed by atoms with Gasteiger partial charge in [0.15, 0.2) is 0 Å². The lowest BCUT2D eigenvalue weighted by Crippen LogP contribution is -2.38. The smallest absolute Gasteiger partial charge is 0.208 e. The fraction of sp³-hybridized carbons (Fsp3) is 0.500. The summed E-state index contributed by atoms with van der Waals surface area (Å²) in [6.45, 7) is 5.60. The van der Waals surface area contributed by atoms with Crippen LogP contribution in [0.3, 0.4) is 0 Å². The Morgan fingerprint density at radius 1 is 1.15 bits per heavy atom. The van der Waals surface area contributed by atoms with Crippen LogP contribution in [0.15, 0.2) is 30.5 Å². The Hall–Kier alpha value is -2.12. The maximum Gasteiger partial charge on any atom is 0.208 e. The number of aromatic nitrogens is 3. The van der Waals surface area contributed by atoms with Crippen LogP contribution in [0.2, 0.25) is 0 Å². The lowest BCUT2D eigenvalue weighted by atomic mass is 10.1. The normalized spacial score (nSPS) is 21.2.